The number of nitrogens with zero attached hydrogens (tertiary/aromatic N) is 1. The van der Waals surface area contributed by atoms with Crippen molar-refractivity contribution >= 4 is 45.0 Å². The van der Waals surface area contributed by atoms with Crippen molar-refractivity contribution in [2.75, 3.05) is 16.8 Å². The minimum atomic E-state index is -0.495. The number of benzene rings is 1. The van der Waals surface area contributed by atoms with Crippen molar-refractivity contribution < 1.29 is 9.18 Å². The number of halogens is 2. The third-order valence-corrected chi connectivity index (χ3v) is 3.97. The average molecular weight is 370 g/mol. The van der Waals surface area contributed by atoms with Crippen LogP contribution in [0.2, 0.25) is 0 Å². The second kappa shape index (κ2) is 7.42. The average Bonchev–Trinajstić information content (AvgIpc) is 2.45. The quantitative estimate of drug-likeness (QED) is 0.622. The highest BCUT2D eigenvalue weighted by Crippen LogP contribution is 2.19. The first-order valence-electron chi connectivity index (χ1n) is 6.14. The number of hydrogen-bond acceptors (Lipinski definition) is 4. The fraction of sp³-hybridized carbons (Fsp3) is 0.143. The number of anilines is 2. The molecule has 0 aliphatic carbocycles. The normalized spacial score (nSPS) is 10.4. The van der Waals surface area contributed by atoms with Gasteiger partial charge in [0, 0.05) is 28.5 Å². The van der Waals surface area contributed by atoms with Gasteiger partial charge in [-0.05, 0) is 46.3 Å². The van der Waals surface area contributed by atoms with Gasteiger partial charge in [-0.25, -0.2) is 9.37 Å². The van der Waals surface area contributed by atoms with Crippen LogP contribution in [0.25, 0.3) is 0 Å². The number of carbonyl (C=O) groups excluding carboxylic acids is 1. The first-order valence-corrected chi connectivity index (χ1v) is 7.91. The Kier molecular flexibility index (Phi) is 5.58. The number of thioether (sulfide) groups is 1. The van der Waals surface area contributed by atoms with E-state index in [1.165, 1.54) is 30.0 Å². The first kappa shape index (κ1) is 15.8. The lowest BCUT2D eigenvalue weighted by atomic mass is 10.2. The van der Waals surface area contributed by atoms with Gasteiger partial charge in [-0.15, -0.1) is 11.8 Å². The van der Waals surface area contributed by atoms with Crippen LogP contribution in [-0.4, -0.2) is 16.6 Å². The molecule has 2 rings (SSSR count). The van der Waals surface area contributed by atoms with E-state index in [4.69, 9.17) is 5.73 Å². The predicted octanol–water partition coefficient (Wildman–Crippen LogP) is 3.69. The van der Waals surface area contributed by atoms with Crippen molar-refractivity contribution in [2.24, 2.45) is 0 Å². The van der Waals surface area contributed by atoms with Crippen LogP contribution in [-0.2, 0) is 4.79 Å². The highest BCUT2D eigenvalue weighted by molar-refractivity contribution is 9.10. The third kappa shape index (κ3) is 5.02. The van der Waals surface area contributed by atoms with E-state index >= 15 is 0 Å². The standard InChI is InChI=1S/C14H13BrFN3OS/c15-9-1-4-14(18-8-9)21-6-5-13(20)19-10-2-3-11(16)12(17)7-10/h1-4,7-8H,5-6,17H2,(H,19,20). The molecule has 110 valence electrons. The van der Waals surface area contributed by atoms with E-state index in [2.05, 4.69) is 26.2 Å². The number of nitrogens with two attached hydrogens (primary N) is 1. The van der Waals surface area contributed by atoms with Gasteiger partial charge in [0.15, 0.2) is 0 Å². The topological polar surface area (TPSA) is 68.0 Å². The number of amides is 1. The molecular weight excluding hydrogens is 357 g/mol. The van der Waals surface area contributed by atoms with E-state index in [0.29, 0.717) is 17.9 Å². The number of hydrogen-bond donors (Lipinski definition) is 2. The first-order chi connectivity index (χ1) is 10.0. The van der Waals surface area contributed by atoms with E-state index < -0.39 is 5.82 Å². The molecule has 7 heteroatoms. The van der Waals surface area contributed by atoms with E-state index in [-0.39, 0.29) is 11.6 Å². The van der Waals surface area contributed by atoms with E-state index in [0.717, 1.165) is 9.50 Å². The molecule has 0 fully saturated rings. The molecule has 0 bridgehead atoms. The highest BCUT2D eigenvalue weighted by atomic mass is 79.9. The number of pyridine rings is 1. The number of aromatic nitrogens is 1. The molecule has 0 unspecified atom stereocenters. The zero-order valence-electron chi connectivity index (χ0n) is 11.0. The van der Waals surface area contributed by atoms with Gasteiger partial charge >= 0.3 is 0 Å². The summed E-state index contributed by atoms with van der Waals surface area (Å²) in [6, 6.07) is 7.89. The van der Waals surface area contributed by atoms with Crippen molar-refractivity contribution in [3.8, 4) is 0 Å². The summed E-state index contributed by atoms with van der Waals surface area (Å²) in [5, 5.41) is 3.54. The smallest absolute Gasteiger partial charge is 0.225 e. The van der Waals surface area contributed by atoms with Gasteiger partial charge in [0.2, 0.25) is 5.91 Å². The van der Waals surface area contributed by atoms with Gasteiger partial charge < -0.3 is 11.1 Å². The Morgan fingerprint density at radius 2 is 2.19 bits per heavy atom. The molecule has 21 heavy (non-hydrogen) atoms. The summed E-state index contributed by atoms with van der Waals surface area (Å²) in [4.78, 5) is 16.0. The van der Waals surface area contributed by atoms with Crippen molar-refractivity contribution in [2.45, 2.75) is 11.4 Å². The molecule has 0 saturated carbocycles. The van der Waals surface area contributed by atoms with Crippen LogP contribution in [0.5, 0.6) is 0 Å². The Morgan fingerprint density at radius 1 is 1.38 bits per heavy atom. The lowest BCUT2D eigenvalue weighted by Crippen LogP contribution is -2.12. The second-order valence-electron chi connectivity index (χ2n) is 4.20. The Hall–Kier alpha value is -1.60. The number of carbonyl (C=O) groups is 1. The minimum absolute atomic E-state index is 0.0150. The maximum atomic E-state index is 13.0. The SMILES string of the molecule is Nc1cc(NC(=O)CCSc2ccc(Br)cn2)ccc1F. The Balaban J connectivity index is 1.79. The Bertz CT molecular complexity index is 637. The molecule has 0 aliphatic heterocycles. The number of nitrogen functional groups attached to an aromatic ring is 1. The molecule has 1 amide bonds. The molecule has 0 aliphatic rings. The van der Waals surface area contributed by atoms with Gasteiger partial charge in [-0.2, -0.15) is 0 Å². The van der Waals surface area contributed by atoms with Crippen molar-refractivity contribution in [3.05, 3.63) is 46.8 Å². The molecule has 1 aromatic carbocycles. The molecule has 4 nitrogen and oxygen atoms in total. The van der Waals surface area contributed by atoms with Crippen LogP contribution in [0.15, 0.2) is 46.0 Å². The lowest BCUT2D eigenvalue weighted by Gasteiger charge is -2.06. The molecule has 2 aromatic rings. The second-order valence-corrected chi connectivity index (χ2v) is 6.23. The Morgan fingerprint density at radius 3 is 2.86 bits per heavy atom. The van der Waals surface area contributed by atoms with Gasteiger partial charge in [0.25, 0.3) is 0 Å². The summed E-state index contributed by atoms with van der Waals surface area (Å²) in [6.45, 7) is 0. The summed E-state index contributed by atoms with van der Waals surface area (Å²) in [5.41, 5.74) is 5.95. The summed E-state index contributed by atoms with van der Waals surface area (Å²) in [5.74, 6) is -0.0348. The van der Waals surface area contributed by atoms with Crippen molar-refractivity contribution in [1.29, 1.82) is 0 Å². The minimum Gasteiger partial charge on any atom is -0.396 e. The van der Waals surface area contributed by atoms with Crippen molar-refractivity contribution in [3.63, 3.8) is 0 Å². The molecule has 0 spiro atoms. The fourth-order valence-electron chi connectivity index (χ4n) is 1.54. The monoisotopic (exact) mass is 369 g/mol. The zero-order valence-corrected chi connectivity index (χ0v) is 13.4. The van der Waals surface area contributed by atoms with E-state index in [9.17, 15) is 9.18 Å². The summed E-state index contributed by atoms with van der Waals surface area (Å²) < 4.78 is 13.9. The van der Waals surface area contributed by atoms with E-state index in [1.54, 1.807) is 6.20 Å². The van der Waals surface area contributed by atoms with Gasteiger partial charge in [0.05, 0.1) is 10.7 Å². The molecular formula is C14H13BrFN3OS. The molecule has 3 N–H and O–H groups in total. The molecule has 0 saturated heterocycles. The lowest BCUT2D eigenvalue weighted by molar-refractivity contribution is -0.115. The van der Waals surface area contributed by atoms with Gasteiger partial charge in [0.1, 0.15) is 5.82 Å². The summed E-state index contributed by atoms with van der Waals surface area (Å²) >= 11 is 4.81. The van der Waals surface area contributed by atoms with Gasteiger partial charge in [-0.1, -0.05) is 0 Å². The summed E-state index contributed by atoms with van der Waals surface area (Å²) in [6.07, 6.45) is 2.05. The van der Waals surface area contributed by atoms with Crippen LogP contribution >= 0.6 is 27.7 Å². The molecule has 1 heterocycles. The number of nitrogens with one attached hydrogen (secondary N) is 1. The zero-order chi connectivity index (χ0) is 15.2. The summed E-state index contributed by atoms with van der Waals surface area (Å²) in [7, 11) is 0. The van der Waals surface area contributed by atoms with Crippen molar-refractivity contribution in [1.82, 2.24) is 4.98 Å². The van der Waals surface area contributed by atoms with Crippen LogP contribution in [0, 0.1) is 5.82 Å². The molecule has 0 atom stereocenters. The van der Waals surface area contributed by atoms with Crippen LogP contribution in [0.1, 0.15) is 6.42 Å². The van der Waals surface area contributed by atoms with Gasteiger partial charge in [-0.3, -0.25) is 4.79 Å². The maximum absolute atomic E-state index is 13.0. The largest absolute Gasteiger partial charge is 0.396 e. The third-order valence-electron chi connectivity index (χ3n) is 2.56. The maximum Gasteiger partial charge on any atom is 0.225 e. The predicted molar refractivity (Wildman–Crippen MR) is 86.7 cm³/mol. The van der Waals surface area contributed by atoms with Crippen LogP contribution in [0.4, 0.5) is 15.8 Å². The van der Waals surface area contributed by atoms with Crippen LogP contribution in [0.3, 0.4) is 0 Å². The highest BCUT2D eigenvalue weighted by Gasteiger charge is 2.05. The Labute approximate surface area is 134 Å². The molecule has 0 radical (unpaired) electrons. The van der Waals surface area contributed by atoms with Crippen LogP contribution < -0.4 is 11.1 Å². The fourth-order valence-corrected chi connectivity index (χ4v) is 2.56. The van der Waals surface area contributed by atoms with E-state index in [1.807, 2.05) is 12.1 Å². The number of rotatable bonds is 5. The molecule has 1 aromatic heterocycles.